The van der Waals surface area contributed by atoms with E-state index in [0.717, 1.165) is 26.1 Å². The Bertz CT molecular complexity index is 1010. The summed E-state index contributed by atoms with van der Waals surface area (Å²) >= 11 is 3.51. The molecule has 0 aliphatic heterocycles. The average molecular weight is 432 g/mol. The number of nitrogens with one attached hydrogen (secondary N) is 1. The number of carboxylic acids is 1. The summed E-state index contributed by atoms with van der Waals surface area (Å²) in [5, 5.41) is 20.2. The largest absolute Gasteiger partial charge is 0.477 e. The van der Waals surface area contributed by atoms with Crippen molar-refractivity contribution >= 4 is 33.5 Å². The zero-order chi connectivity index (χ0) is 19.6. The lowest BCUT2D eigenvalue weighted by atomic mass is 10.2. The molecule has 0 spiro atoms. The second kappa shape index (κ2) is 7.75. The lowest BCUT2D eigenvalue weighted by molar-refractivity contribution is -0.116. The minimum absolute atomic E-state index is 0.0333. The summed E-state index contributed by atoms with van der Waals surface area (Å²) in [6.45, 7) is 4.32. The van der Waals surface area contributed by atoms with Crippen LogP contribution in [0.3, 0.4) is 0 Å². The summed E-state index contributed by atoms with van der Waals surface area (Å²) in [4.78, 5) is 23.3. The van der Waals surface area contributed by atoms with Gasteiger partial charge in [0.2, 0.25) is 5.91 Å². The fraction of sp³-hybridized carbons (Fsp3) is 0.222. The monoisotopic (exact) mass is 431 g/mol. The van der Waals surface area contributed by atoms with Crippen LogP contribution in [0.5, 0.6) is 0 Å². The first-order valence-corrected chi connectivity index (χ1v) is 8.98. The maximum Gasteiger partial charge on any atom is 0.354 e. The van der Waals surface area contributed by atoms with Crippen molar-refractivity contribution in [2.45, 2.75) is 26.9 Å². The Morgan fingerprint density at radius 2 is 2.00 bits per heavy atom. The SMILES string of the molecule is Cc1nn(Cc2cccc(NC(=O)Cn3nccc3C(=O)O)c2)c(C)c1Br. The number of hydrogen-bond donors (Lipinski definition) is 2. The first-order chi connectivity index (χ1) is 12.8. The number of carbonyl (C=O) groups is 2. The standard InChI is InChI=1S/C18H18BrN5O3/c1-11-17(19)12(2)23(22-11)9-13-4-3-5-14(8-13)21-16(25)10-24-15(18(26)27)6-7-20-24/h3-8H,9-10H2,1-2H3,(H,21,25)(H,26,27). The number of carboxylic acid groups (broad SMARTS) is 1. The van der Waals surface area contributed by atoms with Gasteiger partial charge >= 0.3 is 5.97 Å². The summed E-state index contributed by atoms with van der Waals surface area (Å²) in [6, 6.07) is 8.80. The van der Waals surface area contributed by atoms with E-state index in [-0.39, 0.29) is 18.1 Å². The molecule has 1 amide bonds. The molecular weight excluding hydrogens is 414 g/mol. The number of benzene rings is 1. The molecule has 0 aliphatic carbocycles. The van der Waals surface area contributed by atoms with Gasteiger partial charge in [-0.2, -0.15) is 10.2 Å². The molecule has 2 heterocycles. The van der Waals surface area contributed by atoms with Crippen molar-refractivity contribution in [2.24, 2.45) is 0 Å². The van der Waals surface area contributed by atoms with E-state index in [1.807, 2.05) is 36.7 Å². The minimum atomic E-state index is -1.13. The smallest absolute Gasteiger partial charge is 0.354 e. The molecule has 0 fully saturated rings. The molecule has 3 aromatic rings. The van der Waals surface area contributed by atoms with Gasteiger partial charge in [0.1, 0.15) is 12.2 Å². The number of nitrogens with zero attached hydrogens (tertiary/aromatic N) is 4. The van der Waals surface area contributed by atoms with E-state index in [1.165, 1.54) is 12.3 Å². The minimum Gasteiger partial charge on any atom is -0.477 e. The molecule has 0 aliphatic rings. The third-order valence-electron chi connectivity index (χ3n) is 4.07. The van der Waals surface area contributed by atoms with E-state index in [0.29, 0.717) is 12.2 Å². The van der Waals surface area contributed by atoms with Gasteiger partial charge in [0.25, 0.3) is 0 Å². The van der Waals surface area contributed by atoms with E-state index in [9.17, 15) is 9.59 Å². The predicted octanol–water partition coefficient (Wildman–Crippen LogP) is 2.84. The van der Waals surface area contributed by atoms with E-state index in [2.05, 4.69) is 31.4 Å². The third-order valence-corrected chi connectivity index (χ3v) is 5.21. The molecule has 27 heavy (non-hydrogen) atoms. The Morgan fingerprint density at radius 3 is 2.67 bits per heavy atom. The van der Waals surface area contributed by atoms with Crippen molar-refractivity contribution in [1.82, 2.24) is 19.6 Å². The highest BCUT2D eigenvalue weighted by Crippen LogP contribution is 2.21. The lowest BCUT2D eigenvalue weighted by Gasteiger charge is -2.09. The molecule has 2 N–H and O–H groups in total. The van der Waals surface area contributed by atoms with Crippen molar-refractivity contribution in [1.29, 1.82) is 0 Å². The van der Waals surface area contributed by atoms with Crippen LogP contribution in [0.4, 0.5) is 5.69 Å². The topological polar surface area (TPSA) is 102 Å². The molecule has 140 valence electrons. The summed E-state index contributed by atoms with van der Waals surface area (Å²) in [6.07, 6.45) is 1.35. The summed E-state index contributed by atoms with van der Waals surface area (Å²) in [5.74, 6) is -1.48. The van der Waals surface area contributed by atoms with Crippen LogP contribution in [0.15, 0.2) is 41.0 Å². The van der Waals surface area contributed by atoms with E-state index < -0.39 is 5.97 Å². The summed E-state index contributed by atoms with van der Waals surface area (Å²) in [5.41, 5.74) is 3.53. The zero-order valence-corrected chi connectivity index (χ0v) is 16.4. The fourth-order valence-corrected chi connectivity index (χ4v) is 3.01. The second-order valence-corrected chi connectivity index (χ2v) is 6.86. The quantitative estimate of drug-likeness (QED) is 0.624. The molecule has 9 heteroatoms. The maximum atomic E-state index is 12.2. The molecule has 0 unspecified atom stereocenters. The van der Waals surface area contributed by atoms with Gasteiger partial charge in [0, 0.05) is 11.9 Å². The Morgan fingerprint density at radius 1 is 1.22 bits per heavy atom. The average Bonchev–Trinajstić information content (AvgIpc) is 3.16. The van der Waals surface area contributed by atoms with Crippen LogP contribution in [0, 0.1) is 13.8 Å². The highest BCUT2D eigenvalue weighted by atomic mass is 79.9. The first kappa shape index (κ1) is 18.8. The van der Waals surface area contributed by atoms with Gasteiger partial charge < -0.3 is 10.4 Å². The number of hydrogen-bond acceptors (Lipinski definition) is 4. The van der Waals surface area contributed by atoms with E-state index in [1.54, 1.807) is 6.07 Å². The first-order valence-electron chi connectivity index (χ1n) is 8.18. The van der Waals surface area contributed by atoms with Crippen LogP contribution in [0.2, 0.25) is 0 Å². The predicted molar refractivity (Wildman–Crippen MR) is 103 cm³/mol. The number of anilines is 1. The van der Waals surface area contributed by atoms with Gasteiger partial charge in [-0.3, -0.25) is 9.48 Å². The molecule has 0 radical (unpaired) electrons. The number of amides is 1. The molecule has 2 aromatic heterocycles. The summed E-state index contributed by atoms with van der Waals surface area (Å²) < 4.78 is 4.03. The van der Waals surface area contributed by atoms with Crippen molar-refractivity contribution < 1.29 is 14.7 Å². The van der Waals surface area contributed by atoms with Crippen LogP contribution in [0.25, 0.3) is 0 Å². The Kier molecular flexibility index (Phi) is 5.41. The zero-order valence-electron chi connectivity index (χ0n) is 14.8. The van der Waals surface area contributed by atoms with Crippen molar-refractivity contribution in [3.8, 4) is 0 Å². The summed E-state index contributed by atoms with van der Waals surface area (Å²) in [7, 11) is 0. The Labute approximate surface area is 163 Å². The van der Waals surface area contributed by atoms with Crippen molar-refractivity contribution in [3.05, 3.63) is 63.6 Å². The number of aryl methyl sites for hydroxylation is 1. The number of aromatic carboxylic acids is 1. The van der Waals surface area contributed by atoms with Gasteiger partial charge in [-0.1, -0.05) is 12.1 Å². The van der Waals surface area contributed by atoms with Gasteiger partial charge in [0.15, 0.2) is 0 Å². The van der Waals surface area contributed by atoms with Crippen LogP contribution < -0.4 is 5.32 Å². The molecular formula is C18H18BrN5O3. The van der Waals surface area contributed by atoms with E-state index >= 15 is 0 Å². The normalized spacial score (nSPS) is 10.8. The molecule has 1 aromatic carbocycles. The molecule has 0 saturated carbocycles. The Hall–Kier alpha value is -2.94. The highest BCUT2D eigenvalue weighted by molar-refractivity contribution is 9.10. The number of halogens is 1. The number of rotatable bonds is 6. The van der Waals surface area contributed by atoms with Crippen LogP contribution in [0.1, 0.15) is 27.4 Å². The van der Waals surface area contributed by atoms with Gasteiger partial charge in [0.05, 0.1) is 22.4 Å². The van der Waals surface area contributed by atoms with Gasteiger partial charge in [-0.05, 0) is 53.5 Å². The molecule has 0 bridgehead atoms. The molecule has 0 atom stereocenters. The Balaban J connectivity index is 1.70. The van der Waals surface area contributed by atoms with Gasteiger partial charge in [-0.25, -0.2) is 9.48 Å². The molecule has 8 nitrogen and oxygen atoms in total. The fourth-order valence-electron chi connectivity index (χ4n) is 2.73. The molecule has 0 saturated heterocycles. The number of aromatic nitrogens is 4. The highest BCUT2D eigenvalue weighted by Gasteiger charge is 2.14. The van der Waals surface area contributed by atoms with Crippen LogP contribution >= 0.6 is 15.9 Å². The molecule has 3 rings (SSSR count). The van der Waals surface area contributed by atoms with Gasteiger partial charge in [-0.15, -0.1) is 0 Å². The van der Waals surface area contributed by atoms with Crippen molar-refractivity contribution in [2.75, 3.05) is 5.32 Å². The van der Waals surface area contributed by atoms with Crippen molar-refractivity contribution in [3.63, 3.8) is 0 Å². The second-order valence-electron chi connectivity index (χ2n) is 6.07. The third kappa shape index (κ3) is 4.25. The van der Waals surface area contributed by atoms with Crippen LogP contribution in [-0.2, 0) is 17.9 Å². The van der Waals surface area contributed by atoms with E-state index in [4.69, 9.17) is 5.11 Å². The van der Waals surface area contributed by atoms with Crippen LogP contribution in [-0.4, -0.2) is 36.5 Å². The number of carbonyl (C=O) groups excluding carboxylic acids is 1. The maximum absolute atomic E-state index is 12.2. The lowest BCUT2D eigenvalue weighted by Crippen LogP contribution is -2.22.